The molecule has 102 valence electrons. The van der Waals surface area contributed by atoms with Crippen molar-refractivity contribution in [3.8, 4) is 0 Å². The number of hydrogen-bond donors (Lipinski definition) is 2. The Bertz CT molecular complexity index is 371. The molecule has 1 heterocycles. The summed E-state index contributed by atoms with van der Waals surface area (Å²) in [6, 6.07) is 0. The minimum absolute atomic E-state index is 0.0487. The fraction of sp³-hybridized carbons (Fsp3) is 0.786. The third kappa shape index (κ3) is 2.45. The molecule has 1 aliphatic rings. The van der Waals surface area contributed by atoms with Crippen molar-refractivity contribution in [1.82, 2.24) is 14.9 Å². The summed E-state index contributed by atoms with van der Waals surface area (Å²) in [6.45, 7) is 3.40. The summed E-state index contributed by atoms with van der Waals surface area (Å²) in [7, 11) is 1.98. The van der Waals surface area contributed by atoms with Gasteiger partial charge in [-0.15, -0.1) is 0 Å². The summed E-state index contributed by atoms with van der Waals surface area (Å²) in [4.78, 5) is 4.35. The van der Waals surface area contributed by atoms with Gasteiger partial charge >= 0.3 is 0 Å². The van der Waals surface area contributed by atoms with Crippen molar-refractivity contribution in [3.05, 3.63) is 18.2 Å². The molecular weight excluding hydrogens is 226 g/mol. The van der Waals surface area contributed by atoms with Crippen molar-refractivity contribution in [2.24, 2.45) is 5.92 Å². The molecular formula is C14H25N3O. The van der Waals surface area contributed by atoms with Gasteiger partial charge in [-0.05, 0) is 32.2 Å². The zero-order valence-electron chi connectivity index (χ0n) is 11.5. The van der Waals surface area contributed by atoms with Gasteiger partial charge in [-0.3, -0.25) is 0 Å². The van der Waals surface area contributed by atoms with Gasteiger partial charge in [0.2, 0.25) is 0 Å². The van der Waals surface area contributed by atoms with E-state index in [4.69, 9.17) is 0 Å². The Balaban J connectivity index is 1.97. The number of rotatable bonds is 6. The molecule has 0 radical (unpaired) electrons. The van der Waals surface area contributed by atoms with Gasteiger partial charge in [0.05, 0.1) is 6.61 Å². The quantitative estimate of drug-likeness (QED) is 0.807. The van der Waals surface area contributed by atoms with E-state index in [1.165, 1.54) is 12.8 Å². The number of hydrogen-bond acceptors (Lipinski definition) is 3. The average Bonchev–Trinajstić information content (AvgIpc) is 3.02. The second-order valence-corrected chi connectivity index (χ2v) is 5.33. The van der Waals surface area contributed by atoms with Gasteiger partial charge in [-0.25, -0.2) is 4.98 Å². The lowest BCUT2D eigenvalue weighted by Gasteiger charge is -2.33. The largest absolute Gasteiger partial charge is 0.394 e. The van der Waals surface area contributed by atoms with E-state index in [0.717, 1.165) is 31.6 Å². The third-order valence-electron chi connectivity index (χ3n) is 4.57. The summed E-state index contributed by atoms with van der Waals surface area (Å²) < 4.78 is 2.25. The molecule has 1 aromatic heterocycles. The SMILES string of the molecule is CCc1nccn1CCC1CCCC1(CO)NC. The van der Waals surface area contributed by atoms with Crippen LogP contribution in [0.1, 0.15) is 38.4 Å². The van der Waals surface area contributed by atoms with Gasteiger partial charge in [0.1, 0.15) is 5.82 Å². The molecule has 1 aliphatic carbocycles. The van der Waals surface area contributed by atoms with E-state index in [0.29, 0.717) is 5.92 Å². The number of aliphatic hydroxyl groups is 1. The minimum Gasteiger partial charge on any atom is -0.394 e. The molecule has 2 N–H and O–H groups in total. The maximum Gasteiger partial charge on any atom is 0.108 e. The first-order chi connectivity index (χ1) is 8.75. The zero-order valence-corrected chi connectivity index (χ0v) is 11.5. The van der Waals surface area contributed by atoms with Crippen LogP contribution in [0.15, 0.2) is 12.4 Å². The Hall–Kier alpha value is -0.870. The number of nitrogens with zero attached hydrogens (tertiary/aromatic N) is 2. The van der Waals surface area contributed by atoms with E-state index in [1.807, 2.05) is 13.2 Å². The highest BCUT2D eigenvalue weighted by Crippen LogP contribution is 2.37. The van der Waals surface area contributed by atoms with Crippen molar-refractivity contribution in [3.63, 3.8) is 0 Å². The average molecular weight is 251 g/mol. The van der Waals surface area contributed by atoms with Crippen LogP contribution in [-0.2, 0) is 13.0 Å². The standard InChI is InChI=1S/C14H25N3O/c1-3-13-16-8-10-17(13)9-6-12-5-4-7-14(12,11-18)15-2/h8,10,12,15,18H,3-7,9,11H2,1-2H3. The highest BCUT2D eigenvalue weighted by Gasteiger charge is 2.40. The van der Waals surface area contributed by atoms with Crippen LogP contribution >= 0.6 is 0 Å². The van der Waals surface area contributed by atoms with Crippen molar-refractivity contribution in [2.45, 2.75) is 51.1 Å². The maximum atomic E-state index is 9.66. The molecule has 0 saturated heterocycles. The van der Waals surface area contributed by atoms with Crippen LogP contribution in [0.3, 0.4) is 0 Å². The van der Waals surface area contributed by atoms with E-state index in [1.54, 1.807) is 0 Å². The lowest BCUT2D eigenvalue weighted by atomic mass is 9.85. The van der Waals surface area contributed by atoms with Gasteiger partial charge in [0.15, 0.2) is 0 Å². The number of likely N-dealkylation sites (N-methyl/N-ethyl adjacent to an activating group) is 1. The van der Waals surface area contributed by atoms with E-state index in [-0.39, 0.29) is 12.1 Å². The second-order valence-electron chi connectivity index (χ2n) is 5.33. The number of aliphatic hydroxyl groups excluding tert-OH is 1. The molecule has 1 saturated carbocycles. The molecule has 2 unspecified atom stereocenters. The topological polar surface area (TPSA) is 50.1 Å². The molecule has 1 fully saturated rings. The smallest absolute Gasteiger partial charge is 0.108 e. The maximum absolute atomic E-state index is 9.66. The fourth-order valence-electron chi connectivity index (χ4n) is 3.33. The van der Waals surface area contributed by atoms with Gasteiger partial charge < -0.3 is 15.0 Å². The Morgan fingerprint density at radius 3 is 3.11 bits per heavy atom. The summed E-state index contributed by atoms with van der Waals surface area (Å²) in [5.74, 6) is 1.73. The first kappa shape index (κ1) is 13.6. The van der Waals surface area contributed by atoms with Gasteiger partial charge in [0, 0.05) is 30.9 Å². The van der Waals surface area contributed by atoms with Gasteiger partial charge in [-0.1, -0.05) is 13.3 Å². The van der Waals surface area contributed by atoms with Crippen LogP contribution in [-0.4, -0.2) is 33.9 Å². The minimum atomic E-state index is -0.0487. The van der Waals surface area contributed by atoms with E-state index < -0.39 is 0 Å². The molecule has 0 aromatic carbocycles. The van der Waals surface area contributed by atoms with E-state index >= 15 is 0 Å². The highest BCUT2D eigenvalue weighted by atomic mass is 16.3. The molecule has 1 aromatic rings. The Morgan fingerprint density at radius 1 is 1.61 bits per heavy atom. The van der Waals surface area contributed by atoms with E-state index in [9.17, 15) is 5.11 Å². The Labute approximate surface area is 109 Å². The normalized spacial score (nSPS) is 27.8. The van der Waals surface area contributed by atoms with Crippen molar-refractivity contribution >= 4 is 0 Å². The number of aromatic nitrogens is 2. The fourth-order valence-corrected chi connectivity index (χ4v) is 3.33. The summed E-state index contributed by atoms with van der Waals surface area (Å²) >= 11 is 0. The van der Waals surface area contributed by atoms with Crippen LogP contribution in [0.5, 0.6) is 0 Å². The number of imidazole rings is 1. The van der Waals surface area contributed by atoms with E-state index in [2.05, 4.69) is 28.0 Å². The molecule has 0 amide bonds. The van der Waals surface area contributed by atoms with Crippen molar-refractivity contribution in [1.29, 1.82) is 0 Å². The number of aryl methyl sites for hydroxylation is 2. The van der Waals surface area contributed by atoms with Crippen LogP contribution < -0.4 is 5.32 Å². The third-order valence-corrected chi connectivity index (χ3v) is 4.57. The first-order valence-corrected chi connectivity index (χ1v) is 7.05. The summed E-state index contributed by atoms with van der Waals surface area (Å²) in [5, 5.41) is 13.0. The summed E-state index contributed by atoms with van der Waals surface area (Å²) in [6.07, 6.45) is 9.57. The lowest BCUT2D eigenvalue weighted by Crippen LogP contribution is -2.49. The molecule has 2 rings (SSSR count). The lowest BCUT2D eigenvalue weighted by molar-refractivity contribution is 0.124. The molecule has 4 heteroatoms. The molecule has 18 heavy (non-hydrogen) atoms. The zero-order chi connectivity index (χ0) is 13.0. The predicted octanol–water partition coefficient (Wildman–Crippen LogP) is 1.59. The number of nitrogens with one attached hydrogen (secondary N) is 1. The van der Waals surface area contributed by atoms with Crippen LogP contribution in [0, 0.1) is 5.92 Å². The molecule has 0 aliphatic heterocycles. The monoisotopic (exact) mass is 251 g/mol. The first-order valence-electron chi connectivity index (χ1n) is 7.05. The van der Waals surface area contributed by atoms with Gasteiger partial charge in [-0.2, -0.15) is 0 Å². The Morgan fingerprint density at radius 2 is 2.44 bits per heavy atom. The summed E-state index contributed by atoms with van der Waals surface area (Å²) in [5.41, 5.74) is -0.0487. The Kier molecular flexibility index (Phi) is 4.40. The molecule has 4 nitrogen and oxygen atoms in total. The van der Waals surface area contributed by atoms with Crippen molar-refractivity contribution < 1.29 is 5.11 Å². The molecule has 0 bridgehead atoms. The van der Waals surface area contributed by atoms with Crippen LogP contribution in [0.25, 0.3) is 0 Å². The highest BCUT2D eigenvalue weighted by molar-refractivity contribution is 4.99. The molecule has 0 spiro atoms. The second kappa shape index (κ2) is 5.85. The van der Waals surface area contributed by atoms with Crippen LogP contribution in [0.2, 0.25) is 0 Å². The van der Waals surface area contributed by atoms with Gasteiger partial charge in [0.25, 0.3) is 0 Å². The van der Waals surface area contributed by atoms with Crippen LogP contribution in [0.4, 0.5) is 0 Å². The molecule has 2 atom stereocenters. The van der Waals surface area contributed by atoms with Crippen molar-refractivity contribution in [2.75, 3.05) is 13.7 Å². The predicted molar refractivity (Wildman–Crippen MR) is 72.4 cm³/mol.